The third kappa shape index (κ3) is 3.04. The number of aromatic nitrogens is 3. The van der Waals surface area contributed by atoms with Crippen molar-refractivity contribution in [3.8, 4) is 5.88 Å². The molecule has 25 heavy (non-hydrogen) atoms. The van der Waals surface area contributed by atoms with Gasteiger partial charge in [0.25, 0.3) is 0 Å². The fourth-order valence-corrected chi connectivity index (χ4v) is 4.71. The molecule has 0 bridgehead atoms. The monoisotopic (exact) mass is 356 g/mol. The Bertz CT molecular complexity index is 862. The third-order valence-electron chi connectivity index (χ3n) is 4.96. The number of aromatic hydroxyl groups is 1. The lowest BCUT2D eigenvalue weighted by atomic mass is 9.99. The van der Waals surface area contributed by atoms with E-state index in [1.165, 1.54) is 30.4 Å². The van der Waals surface area contributed by atoms with Crippen molar-refractivity contribution in [2.24, 2.45) is 0 Å². The Morgan fingerprint density at radius 3 is 2.52 bits per heavy atom. The molecule has 1 aliphatic heterocycles. The number of aryl methyl sites for hydroxylation is 2. The summed E-state index contributed by atoms with van der Waals surface area (Å²) in [4.78, 5) is 8.75. The van der Waals surface area contributed by atoms with Gasteiger partial charge in [0, 0.05) is 6.42 Å². The average molecular weight is 356 g/mol. The van der Waals surface area contributed by atoms with Gasteiger partial charge in [-0.05, 0) is 38.4 Å². The minimum atomic E-state index is 0.0690. The van der Waals surface area contributed by atoms with Crippen LogP contribution in [-0.4, -0.2) is 37.7 Å². The summed E-state index contributed by atoms with van der Waals surface area (Å²) in [6.45, 7) is 6.25. The third-order valence-corrected chi connectivity index (χ3v) is 6.03. The Balaban J connectivity index is 1.80. The van der Waals surface area contributed by atoms with Gasteiger partial charge in [0.2, 0.25) is 10.8 Å². The Labute approximate surface area is 151 Å². The molecule has 0 amide bonds. The minimum absolute atomic E-state index is 0.0690. The Morgan fingerprint density at radius 2 is 1.88 bits per heavy atom. The highest BCUT2D eigenvalue weighted by molar-refractivity contribution is 7.17. The largest absolute Gasteiger partial charge is 0.492 e. The molecule has 0 aliphatic carbocycles. The first-order chi connectivity index (χ1) is 12.2. The van der Waals surface area contributed by atoms with Crippen molar-refractivity contribution < 1.29 is 5.11 Å². The fraction of sp³-hybridized carbons (Fsp3) is 0.474. The van der Waals surface area contributed by atoms with E-state index in [-0.39, 0.29) is 11.9 Å². The summed E-state index contributed by atoms with van der Waals surface area (Å²) in [5.74, 6) is 1.02. The highest BCUT2D eigenvalue weighted by Crippen LogP contribution is 2.40. The smallest absolute Gasteiger partial charge is 0.230 e. The summed E-state index contributed by atoms with van der Waals surface area (Å²) in [5, 5.41) is 15.3. The first kappa shape index (κ1) is 16.5. The van der Waals surface area contributed by atoms with Crippen molar-refractivity contribution in [3.05, 3.63) is 46.1 Å². The van der Waals surface area contributed by atoms with Crippen LogP contribution >= 0.6 is 11.3 Å². The van der Waals surface area contributed by atoms with Gasteiger partial charge in [-0.2, -0.15) is 4.52 Å². The van der Waals surface area contributed by atoms with E-state index in [1.807, 2.05) is 6.92 Å². The number of likely N-dealkylation sites (tertiary alicyclic amines) is 1. The zero-order valence-electron chi connectivity index (χ0n) is 14.8. The van der Waals surface area contributed by atoms with Gasteiger partial charge in [-0.3, -0.25) is 4.90 Å². The van der Waals surface area contributed by atoms with Crippen LogP contribution in [0.5, 0.6) is 5.88 Å². The summed E-state index contributed by atoms with van der Waals surface area (Å²) in [6, 6.07) is 8.73. The van der Waals surface area contributed by atoms with Crippen LogP contribution < -0.4 is 0 Å². The highest BCUT2D eigenvalue weighted by Gasteiger charge is 2.30. The minimum Gasteiger partial charge on any atom is -0.492 e. The number of hydrogen-bond acceptors (Lipinski definition) is 5. The van der Waals surface area contributed by atoms with Gasteiger partial charge in [-0.1, -0.05) is 54.5 Å². The molecule has 0 spiro atoms. The molecule has 2 aromatic heterocycles. The molecule has 132 valence electrons. The first-order valence-corrected chi connectivity index (χ1v) is 9.87. The van der Waals surface area contributed by atoms with Gasteiger partial charge in [-0.15, -0.1) is 5.10 Å². The van der Waals surface area contributed by atoms with Gasteiger partial charge < -0.3 is 5.11 Å². The second kappa shape index (κ2) is 6.77. The normalized spacial score (nSPS) is 17.2. The molecule has 4 rings (SSSR count). The highest BCUT2D eigenvalue weighted by atomic mass is 32.1. The molecule has 0 unspecified atom stereocenters. The molecule has 1 fully saturated rings. The van der Waals surface area contributed by atoms with Crippen LogP contribution in [0.2, 0.25) is 0 Å². The summed E-state index contributed by atoms with van der Waals surface area (Å²) in [6.07, 6.45) is 4.49. The summed E-state index contributed by atoms with van der Waals surface area (Å²) >= 11 is 1.56. The van der Waals surface area contributed by atoms with Crippen LogP contribution in [0.3, 0.4) is 0 Å². The molecule has 5 nitrogen and oxygen atoms in total. The van der Waals surface area contributed by atoms with E-state index in [2.05, 4.69) is 46.2 Å². The maximum atomic E-state index is 10.9. The number of fused-ring (bicyclic) bond motifs is 1. The molecule has 0 saturated carbocycles. The Morgan fingerprint density at radius 1 is 1.16 bits per heavy atom. The Kier molecular flexibility index (Phi) is 4.48. The lowest BCUT2D eigenvalue weighted by Crippen LogP contribution is -2.34. The molecule has 0 radical (unpaired) electrons. The van der Waals surface area contributed by atoms with Gasteiger partial charge in [0.05, 0.1) is 10.9 Å². The van der Waals surface area contributed by atoms with E-state index < -0.39 is 0 Å². The predicted octanol–water partition coefficient (Wildman–Crippen LogP) is 3.94. The zero-order chi connectivity index (χ0) is 17.4. The van der Waals surface area contributed by atoms with E-state index in [9.17, 15) is 5.11 Å². The molecule has 6 heteroatoms. The summed E-state index contributed by atoms with van der Waals surface area (Å²) < 4.78 is 1.60. The van der Waals surface area contributed by atoms with Crippen molar-refractivity contribution in [2.75, 3.05) is 13.1 Å². The number of rotatable bonds is 4. The molecular formula is C19H24N4OS. The average Bonchev–Trinajstić information content (AvgIpc) is 3.18. The van der Waals surface area contributed by atoms with Crippen LogP contribution in [-0.2, 0) is 6.42 Å². The Hall–Kier alpha value is -1.92. The van der Waals surface area contributed by atoms with Crippen molar-refractivity contribution >= 4 is 16.3 Å². The van der Waals surface area contributed by atoms with Crippen molar-refractivity contribution in [1.29, 1.82) is 0 Å². The standard InChI is InChI=1S/C19H24N4OS/c1-3-15-20-19-23(21-15)18(24)17(25-19)16(22-11-5-4-6-12-22)14-9-7-13(2)8-10-14/h7-10,16,24H,3-6,11-12H2,1-2H3/t16-/m1/s1. The van der Waals surface area contributed by atoms with Crippen LogP contribution in [0.4, 0.5) is 0 Å². The number of hydrogen-bond donors (Lipinski definition) is 1. The predicted molar refractivity (Wildman–Crippen MR) is 100 cm³/mol. The van der Waals surface area contributed by atoms with Crippen LogP contribution in [0, 0.1) is 6.92 Å². The second-order valence-corrected chi connectivity index (χ2v) is 7.78. The quantitative estimate of drug-likeness (QED) is 0.769. The SMILES string of the molecule is CCc1nc2sc([C@@H](c3ccc(C)cc3)N3CCCCC3)c(O)n2n1. The van der Waals surface area contributed by atoms with E-state index >= 15 is 0 Å². The molecule has 1 atom stereocenters. The first-order valence-electron chi connectivity index (χ1n) is 9.05. The molecule has 3 aromatic rings. The maximum absolute atomic E-state index is 10.9. The molecule has 3 heterocycles. The topological polar surface area (TPSA) is 53.7 Å². The summed E-state index contributed by atoms with van der Waals surface area (Å²) in [5.41, 5.74) is 2.48. The van der Waals surface area contributed by atoms with E-state index in [1.54, 1.807) is 15.9 Å². The molecular weight excluding hydrogens is 332 g/mol. The lowest BCUT2D eigenvalue weighted by Gasteiger charge is -2.34. The van der Waals surface area contributed by atoms with E-state index in [0.29, 0.717) is 0 Å². The van der Waals surface area contributed by atoms with Crippen molar-refractivity contribution in [3.63, 3.8) is 0 Å². The number of benzene rings is 1. The second-order valence-electron chi connectivity index (χ2n) is 6.78. The molecule has 1 saturated heterocycles. The fourth-order valence-electron chi connectivity index (χ4n) is 3.57. The number of piperidine rings is 1. The maximum Gasteiger partial charge on any atom is 0.230 e. The number of thiazole rings is 1. The number of nitrogens with zero attached hydrogens (tertiary/aromatic N) is 4. The van der Waals surface area contributed by atoms with Crippen LogP contribution in [0.25, 0.3) is 4.96 Å². The summed E-state index contributed by atoms with van der Waals surface area (Å²) in [7, 11) is 0. The van der Waals surface area contributed by atoms with Gasteiger partial charge >= 0.3 is 0 Å². The van der Waals surface area contributed by atoms with E-state index in [0.717, 1.165) is 35.2 Å². The molecule has 1 N–H and O–H groups in total. The van der Waals surface area contributed by atoms with Crippen LogP contribution in [0.1, 0.15) is 54.1 Å². The van der Waals surface area contributed by atoms with Crippen LogP contribution in [0.15, 0.2) is 24.3 Å². The molecule has 1 aromatic carbocycles. The van der Waals surface area contributed by atoms with E-state index in [4.69, 9.17) is 0 Å². The van der Waals surface area contributed by atoms with Crippen molar-refractivity contribution in [1.82, 2.24) is 19.5 Å². The molecule has 1 aliphatic rings. The zero-order valence-corrected chi connectivity index (χ0v) is 15.6. The van der Waals surface area contributed by atoms with Gasteiger partial charge in [0.15, 0.2) is 5.82 Å². The van der Waals surface area contributed by atoms with Gasteiger partial charge in [0.1, 0.15) is 0 Å². The van der Waals surface area contributed by atoms with Crippen molar-refractivity contribution in [2.45, 2.75) is 45.6 Å². The lowest BCUT2D eigenvalue weighted by molar-refractivity contribution is 0.186. The van der Waals surface area contributed by atoms with Gasteiger partial charge in [-0.25, -0.2) is 4.98 Å².